The third-order valence-electron chi connectivity index (χ3n) is 2.71. The molecule has 4 nitrogen and oxygen atoms in total. The second kappa shape index (κ2) is 6.96. The summed E-state index contributed by atoms with van der Waals surface area (Å²) in [5.41, 5.74) is 1.88. The summed E-state index contributed by atoms with van der Waals surface area (Å²) < 4.78 is 5.31. The molecule has 90 valence electrons. The second-order valence-electron chi connectivity index (χ2n) is 3.95. The monoisotopic (exact) mass is 241 g/mol. The number of rotatable bonds is 6. The second-order valence-corrected chi connectivity index (χ2v) is 4.92. The number of ether oxygens (including phenoxy) is 1. The van der Waals surface area contributed by atoms with Gasteiger partial charge < -0.3 is 10.1 Å². The predicted octanol–water partition coefficient (Wildman–Crippen LogP) is 0.955. The van der Waals surface area contributed by atoms with Crippen molar-refractivity contribution in [1.82, 2.24) is 15.2 Å². The Morgan fingerprint density at radius 1 is 1.44 bits per heavy atom. The highest BCUT2D eigenvalue weighted by Crippen LogP contribution is 2.04. The third-order valence-corrected chi connectivity index (χ3v) is 3.49. The van der Waals surface area contributed by atoms with Crippen LogP contribution in [0.1, 0.15) is 11.3 Å². The molecule has 1 aliphatic heterocycles. The maximum Gasteiger partial charge on any atom is 0.0794 e. The highest BCUT2D eigenvalue weighted by Gasteiger charge is 2.08. The highest BCUT2D eigenvalue weighted by molar-refractivity contribution is 7.09. The topological polar surface area (TPSA) is 37.4 Å². The summed E-state index contributed by atoms with van der Waals surface area (Å²) in [4.78, 5) is 7.83. The van der Waals surface area contributed by atoms with Crippen molar-refractivity contribution in [2.75, 3.05) is 39.4 Å². The molecule has 1 aliphatic rings. The molecule has 1 aromatic heterocycles. The summed E-state index contributed by atoms with van der Waals surface area (Å²) in [7, 11) is 0. The highest BCUT2D eigenvalue weighted by atomic mass is 32.1. The number of nitrogens with one attached hydrogen (secondary N) is 1. The van der Waals surface area contributed by atoms with E-state index < -0.39 is 0 Å². The Bertz CT molecular complexity index is 273. The summed E-state index contributed by atoms with van der Waals surface area (Å²) in [6.45, 7) is 7.19. The zero-order chi connectivity index (χ0) is 11.1. The average molecular weight is 241 g/mol. The van der Waals surface area contributed by atoms with Crippen LogP contribution in [0.3, 0.4) is 0 Å². The van der Waals surface area contributed by atoms with E-state index in [-0.39, 0.29) is 0 Å². The van der Waals surface area contributed by atoms with Gasteiger partial charge in [-0.1, -0.05) is 0 Å². The van der Waals surface area contributed by atoms with Crippen LogP contribution in [0.15, 0.2) is 11.7 Å². The normalized spacial score (nSPS) is 17.8. The summed E-state index contributed by atoms with van der Waals surface area (Å²) in [5, 5.41) is 3.44. The zero-order valence-corrected chi connectivity index (χ0v) is 10.3. The van der Waals surface area contributed by atoms with Gasteiger partial charge in [0.25, 0.3) is 0 Å². The van der Waals surface area contributed by atoms with Crippen LogP contribution < -0.4 is 5.32 Å². The Kier molecular flexibility index (Phi) is 5.21. The molecule has 1 N–H and O–H groups in total. The van der Waals surface area contributed by atoms with E-state index in [4.69, 9.17) is 4.74 Å². The molecule has 0 aliphatic carbocycles. The number of nitrogens with zero attached hydrogens (tertiary/aromatic N) is 2. The smallest absolute Gasteiger partial charge is 0.0794 e. The van der Waals surface area contributed by atoms with Crippen molar-refractivity contribution < 1.29 is 4.74 Å². The molecule has 5 heteroatoms. The van der Waals surface area contributed by atoms with Crippen LogP contribution in [0.25, 0.3) is 0 Å². The van der Waals surface area contributed by atoms with Gasteiger partial charge >= 0.3 is 0 Å². The molecule has 0 unspecified atom stereocenters. The first-order valence-corrected chi connectivity index (χ1v) is 6.71. The Morgan fingerprint density at radius 2 is 2.31 bits per heavy atom. The molecule has 0 saturated carbocycles. The van der Waals surface area contributed by atoms with Crippen LogP contribution in [0.4, 0.5) is 0 Å². The predicted molar refractivity (Wildman–Crippen MR) is 65.7 cm³/mol. The van der Waals surface area contributed by atoms with Crippen molar-refractivity contribution in [2.24, 2.45) is 0 Å². The molecule has 0 spiro atoms. The van der Waals surface area contributed by atoms with Crippen molar-refractivity contribution in [3.8, 4) is 0 Å². The molecule has 1 fully saturated rings. The first-order chi connectivity index (χ1) is 7.95. The molecule has 2 rings (SSSR count). The molecule has 0 atom stereocenters. The largest absolute Gasteiger partial charge is 0.379 e. The summed E-state index contributed by atoms with van der Waals surface area (Å²) in [6, 6.07) is 0. The fraction of sp³-hybridized carbons (Fsp3) is 0.727. The first-order valence-electron chi connectivity index (χ1n) is 5.83. The fourth-order valence-electron chi connectivity index (χ4n) is 1.79. The molecule has 0 radical (unpaired) electrons. The molecule has 16 heavy (non-hydrogen) atoms. The lowest BCUT2D eigenvalue weighted by Gasteiger charge is -2.26. The van der Waals surface area contributed by atoms with Gasteiger partial charge in [0, 0.05) is 30.7 Å². The Hall–Kier alpha value is -0.490. The molecule has 0 aromatic carbocycles. The van der Waals surface area contributed by atoms with Crippen molar-refractivity contribution in [2.45, 2.75) is 13.0 Å². The van der Waals surface area contributed by atoms with Crippen LogP contribution in [0.5, 0.6) is 0 Å². The van der Waals surface area contributed by atoms with Gasteiger partial charge in [-0.15, -0.1) is 11.3 Å². The lowest BCUT2D eigenvalue weighted by Crippen LogP contribution is -2.37. The van der Waals surface area contributed by atoms with Crippen LogP contribution in [0, 0.1) is 0 Å². The van der Waals surface area contributed by atoms with E-state index in [9.17, 15) is 0 Å². The molecular formula is C11H19N3OS. The summed E-state index contributed by atoms with van der Waals surface area (Å²) in [6.07, 6.45) is 3.14. The number of hydrogen-bond donors (Lipinski definition) is 1. The molecule has 0 amide bonds. The van der Waals surface area contributed by atoms with Crippen LogP contribution in [-0.4, -0.2) is 49.3 Å². The molecule has 0 bridgehead atoms. The number of hydrogen-bond acceptors (Lipinski definition) is 5. The summed E-state index contributed by atoms with van der Waals surface area (Å²) >= 11 is 1.71. The van der Waals surface area contributed by atoms with Gasteiger partial charge in [-0.25, -0.2) is 0 Å². The van der Waals surface area contributed by atoms with Gasteiger partial charge in [-0.3, -0.25) is 9.88 Å². The van der Waals surface area contributed by atoms with Crippen molar-refractivity contribution >= 4 is 11.3 Å². The van der Waals surface area contributed by atoms with E-state index in [0.717, 1.165) is 39.4 Å². The number of thiazole rings is 1. The van der Waals surface area contributed by atoms with E-state index in [2.05, 4.69) is 15.2 Å². The Balaban J connectivity index is 1.48. The van der Waals surface area contributed by atoms with Gasteiger partial charge in [0.2, 0.25) is 0 Å². The average Bonchev–Trinajstić information content (AvgIpc) is 2.83. The van der Waals surface area contributed by atoms with Gasteiger partial charge in [0.15, 0.2) is 0 Å². The minimum absolute atomic E-state index is 0.897. The first kappa shape index (κ1) is 12.0. The van der Waals surface area contributed by atoms with Gasteiger partial charge in [-0.2, -0.15) is 0 Å². The van der Waals surface area contributed by atoms with Crippen molar-refractivity contribution in [3.63, 3.8) is 0 Å². The lowest BCUT2D eigenvalue weighted by molar-refractivity contribution is 0.0374. The SMILES string of the molecule is c1ncc(CNCCCN2CCOCC2)s1. The third kappa shape index (κ3) is 4.17. The maximum atomic E-state index is 5.31. The van der Waals surface area contributed by atoms with E-state index in [1.807, 2.05) is 11.7 Å². The van der Waals surface area contributed by atoms with Gasteiger partial charge in [0.1, 0.15) is 0 Å². The van der Waals surface area contributed by atoms with E-state index in [0.29, 0.717) is 0 Å². The minimum atomic E-state index is 0.897. The quantitative estimate of drug-likeness (QED) is 0.753. The van der Waals surface area contributed by atoms with Crippen molar-refractivity contribution in [3.05, 3.63) is 16.6 Å². The van der Waals surface area contributed by atoms with E-state index in [1.54, 1.807) is 11.3 Å². The lowest BCUT2D eigenvalue weighted by atomic mass is 10.3. The van der Waals surface area contributed by atoms with Crippen LogP contribution in [-0.2, 0) is 11.3 Å². The molecule has 2 heterocycles. The number of aromatic nitrogens is 1. The standard InChI is InChI=1S/C11H19N3OS/c1(3-14-4-6-15-7-5-14)2-12-8-11-9-13-10-16-11/h9-10,12H,1-8H2. The van der Waals surface area contributed by atoms with Gasteiger partial charge in [-0.05, 0) is 19.5 Å². The van der Waals surface area contributed by atoms with E-state index in [1.165, 1.54) is 17.8 Å². The Morgan fingerprint density at radius 3 is 3.06 bits per heavy atom. The fourth-order valence-corrected chi connectivity index (χ4v) is 2.36. The summed E-state index contributed by atoms with van der Waals surface area (Å²) in [5.74, 6) is 0. The van der Waals surface area contributed by atoms with Gasteiger partial charge in [0.05, 0.1) is 18.7 Å². The maximum absolute atomic E-state index is 5.31. The zero-order valence-electron chi connectivity index (χ0n) is 9.52. The number of morpholine rings is 1. The molecule has 1 aromatic rings. The molecular weight excluding hydrogens is 222 g/mol. The minimum Gasteiger partial charge on any atom is -0.379 e. The van der Waals surface area contributed by atoms with Crippen LogP contribution >= 0.6 is 11.3 Å². The Labute approximate surface area is 101 Å². The van der Waals surface area contributed by atoms with Crippen LogP contribution in [0.2, 0.25) is 0 Å². The van der Waals surface area contributed by atoms with Crippen molar-refractivity contribution in [1.29, 1.82) is 0 Å². The molecule has 1 saturated heterocycles. The van der Waals surface area contributed by atoms with E-state index >= 15 is 0 Å².